The zero-order valence-electron chi connectivity index (χ0n) is 11.2. The molecule has 2 heterocycles. The van der Waals surface area contributed by atoms with Gasteiger partial charge in [0.15, 0.2) is 0 Å². The molecule has 1 saturated heterocycles. The molecule has 1 atom stereocenters. The Morgan fingerprint density at radius 1 is 1.26 bits per heavy atom. The zero-order valence-corrected chi connectivity index (χ0v) is 11.2. The van der Waals surface area contributed by atoms with Crippen molar-refractivity contribution >= 4 is 18.5 Å². The minimum Gasteiger partial charge on any atom is -0.437 e. The molecule has 1 aromatic rings. The van der Waals surface area contributed by atoms with Crippen molar-refractivity contribution in [2.75, 3.05) is 6.54 Å². The van der Waals surface area contributed by atoms with E-state index in [0.717, 1.165) is 42.8 Å². The van der Waals surface area contributed by atoms with Crippen molar-refractivity contribution in [2.24, 2.45) is 10.2 Å². The first-order valence-corrected chi connectivity index (χ1v) is 6.88. The molecular weight excluding hydrogens is 237 g/mol. The van der Waals surface area contributed by atoms with Crippen molar-refractivity contribution in [3.8, 4) is 0 Å². The molecular formula is C14H18BN3O. The van der Waals surface area contributed by atoms with E-state index in [4.69, 9.17) is 0 Å². The Morgan fingerprint density at radius 3 is 2.79 bits per heavy atom. The molecule has 4 nitrogen and oxygen atoms in total. The van der Waals surface area contributed by atoms with Gasteiger partial charge < -0.3 is 9.83 Å². The van der Waals surface area contributed by atoms with Crippen molar-refractivity contribution in [3.63, 3.8) is 0 Å². The highest BCUT2D eigenvalue weighted by Crippen LogP contribution is 2.24. The molecule has 0 spiro atoms. The summed E-state index contributed by atoms with van der Waals surface area (Å²) in [5.74, 6) is 0. The van der Waals surface area contributed by atoms with Gasteiger partial charge >= 0.3 is 7.05 Å². The Labute approximate surface area is 114 Å². The van der Waals surface area contributed by atoms with E-state index >= 15 is 0 Å². The van der Waals surface area contributed by atoms with Crippen molar-refractivity contribution in [3.05, 3.63) is 35.9 Å². The molecule has 98 valence electrons. The lowest BCUT2D eigenvalue weighted by Crippen LogP contribution is -2.44. The fraction of sp³-hybridized carbons (Fsp3) is 0.429. The molecule has 1 unspecified atom stereocenters. The van der Waals surface area contributed by atoms with Crippen LogP contribution in [0.4, 0.5) is 0 Å². The molecule has 1 N–H and O–H groups in total. The molecule has 0 amide bonds. The summed E-state index contributed by atoms with van der Waals surface area (Å²) in [6.07, 6.45) is 2.99. The van der Waals surface area contributed by atoms with Crippen molar-refractivity contribution in [1.82, 2.24) is 4.81 Å². The summed E-state index contributed by atoms with van der Waals surface area (Å²) in [7, 11) is -0.407. The van der Waals surface area contributed by atoms with Crippen LogP contribution in [0.1, 0.15) is 24.8 Å². The van der Waals surface area contributed by atoms with Crippen molar-refractivity contribution in [2.45, 2.75) is 32.1 Å². The molecule has 5 heteroatoms. The normalized spacial score (nSPS) is 23.4. The van der Waals surface area contributed by atoms with Gasteiger partial charge in [-0.05, 0) is 31.8 Å². The summed E-state index contributed by atoms with van der Waals surface area (Å²) in [5, 5.41) is 18.5. The van der Waals surface area contributed by atoms with Crippen LogP contribution in [0.25, 0.3) is 0 Å². The van der Waals surface area contributed by atoms with E-state index in [9.17, 15) is 5.02 Å². The summed E-state index contributed by atoms with van der Waals surface area (Å²) >= 11 is 0. The standard InChI is InChI=1S/C14H18BN3O/c1-15(19)18-9-5-8-14(18)13-10-12(16-17-13)11-6-3-2-4-7-11/h2-4,6-7,14,19H,5,8-10H2,1H3. The molecule has 0 aliphatic carbocycles. The predicted octanol–water partition coefficient (Wildman–Crippen LogP) is 1.81. The second kappa shape index (κ2) is 5.27. The smallest absolute Gasteiger partial charge is 0.376 e. The lowest BCUT2D eigenvalue weighted by Gasteiger charge is -2.24. The van der Waals surface area contributed by atoms with Gasteiger partial charge in [-0.2, -0.15) is 10.2 Å². The molecule has 0 aromatic heterocycles. The highest BCUT2D eigenvalue weighted by molar-refractivity contribution is 6.46. The van der Waals surface area contributed by atoms with E-state index in [1.54, 1.807) is 0 Å². The maximum atomic E-state index is 9.80. The quantitative estimate of drug-likeness (QED) is 0.837. The fourth-order valence-electron chi connectivity index (χ4n) is 2.94. The van der Waals surface area contributed by atoms with Gasteiger partial charge in [-0.15, -0.1) is 0 Å². The molecule has 1 fully saturated rings. The average molecular weight is 255 g/mol. The first-order valence-electron chi connectivity index (χ1n) is 6.88. The van der Waals surface area contributed by atoms with Crippen LogP contribution in [0, 0.1) is 0 Å². The highest BCUT2D eigenvalue weighted by Gasteiger charge is 2.35. The van der Waals surface area contributed by atoms with E-state index in [1.807, 2.05) is 25.0 Å². The molecule has 0 saturated carbocycles. The summed E-state index contributed by atoms with van der Waals surface area (Å²) in [4.78, 5) is 2.11. The maximum Gasteiger partial charge on any atom is 0.376 e. The minimum absolute atomic E-state index is 0.255. The van der Waals surface area contributed by atoms with Gasteiger partial charge in [0, 0.05) is 12.5 Å². The Kier molecular flexibility index (Phi) is 3.49. The zero-order chi connectivity index (χ0) is 13.2. The highest BCUT2D eigenvalue weighted by atomic mass is 16.2. The van der Waals surface area contributed by atoms with Crippen molar-refractivity contribution in [1.29, 1.82) is 0 Å². The Balaban J connectivity index is 1.71. The first kappa shape index (κ1) is 12.6. The van der Waals surface area contributed by atoms with Crippen LogP contribution in [-0.2, 0) is 0 Å². The van der Waals surface area contributed by atoms with Crippen LogP contribution in [0.5, 0.6) is 0 Å². The number of benzene rings is 1. The molecule has 2 aliphatic heterocycles. The molecule has 0 bridgehead atoms. The average Bonchev–Trinajstić information content (AvgIpc) is 3.08. The van der Waals surface area contributed by atoms with Gasteiger partial charge in [0.05, 0.1) is 11.4 Å². The van der Waals surface area contributed by atoms with Gasteiger partial charge in [-0.25, -0.2) is 0 Å². The lowest BCUT2D eigenvalue weighted by atomic mass is 9.83. The van der Waals surface area contributed by atoms with Crippen LogP contribution < -0.4 is 0 Å². The largest absolute Gasteiger partial charge is 0.437 e. The number of hydrogen-bond donors (Lipinski definition) is 1. The Hall–Kier alpha value is -1.46. The third kappa shape index (κ3) is 2.48. The van der Waals surface area contributed by atoms with E-state index in [-0.39, 0.29) is 6.04 Å². The van der Waals surface area contributed by atoms with Crippen LogP contribution >= 0.6 is 0 Å². The van der Waals surface area contributed by atoms with Crippen LogP contribution in [0.2, 0.25) is 6.82 Å². The topological polar surface area (TPSA) is 48.2 Å². The van der Waals surface area contributed by atoms with Gasteiger partial charge in [0.1, 0.15) is 0 Å². The summed E-state index contributed by atoms with van der Waals surface area (Å²) < 4.78 is 0. The van der Waals surface area contributed by atoms with Crippen LogP contribution in [-0.4, -0.2) is 40.9 Å². The lowest BCUT2D eigenvalue weighted by molar-refractivity contribution is 0.393. The number of hydrogen-bond acceptors (Lipinski definition) is 4. The van der Waals surface area contributed by atoms with E-state index < -0.39 is 7.05 Å². The number of rotatable bonds is 3. The maximum absolute atomic E-state index is 9.80. The third-order valence-electron chi connectivity index (χ3n) is 3.91. The van der Waals surface area contributed by atoms with Gasteiger partial charge in [0.2, 0.25) is 0 Å². The third-order valence-corrected chi connectivity index (χ3v) is 3.91. The Morgan fingerprint density at radius 2 is 2.05 bits per heavy atom. The molecule has 1 aromatic carbocycles. The second-order valence-electron chi connectivity index (χ2n) is 5.21. The molecule has 0 radical (unpaired) electrons. The minimum atomic E-state index is -0.407. The SMILES string of the molecule is CB(O)N1CCCC1C1=NN=C(c2ccccc2)C1. The van der Waals surface area contributed by atoms with E-state index in [2.05, 4.69) is 27.1 Å². The molecule has 19 heavy (non-hydrogen) atoms. The van der Waals surface area contributed by atoms with E-state index in [0.29, 0.717) is 0 Å². The Bertz CT molecular complexity index is 513. The summed E-state index contributed by atoms with van der Waals surface area (Å²) in [6, 6.07) is 10.4. The number of nitrogens with zero attached hydrogens (tertiary/aromatic N) is 3. The monoisotopic (exact) mass is 255 g/mol. The summed E-state index contributed by atoms with van der Waals surface area (Å²) in [5.41, 5.74) is 3.27. The fourth-order valence-corrected chi connectivity index (χ4v) is 2.94. The van der Waals surface area contributed by atoms with Crippen LogP contribution in [0.15, 0.2) is 40.5 Å². The van der Waals surface area contributed by atoms with Crippen molar-refractivity contribution < 1.29 is 5.02 Å². The van der Waals surface area contributed by atoms with Crippen LogP contribution in [0.3, 0.4) is 0 Å². The second-order valence-corrected chi connectivity index (χ2v) is 5.21. The molecule has 3 rings (SSSR count). The van der Waals surface area contributed by atoms with Gasteiger partial charge in [0.25, 0.3) is 0 Å². The first-order chi connectivity index (χ1) is 9.25. The van der Waals surface area contributed by atoms with E-state index in [1.165, 1.54) is 0 Å². The predicted molar refractivity (Wildman–Crippen MR) is 78.6 cm³/mol. The summed E-state index contributed by atoms with van der Waals surface area (Å²) in [6.45, 7) is 2.77. The molecule has 2 aliphatic rings. The van der Waals surface area contributed by atoms with Gasteiger partial charge in [-0.3, -0.25) is 0 Å². The van der Waals surface area contributed by atoms with Gasteiger partial charge in [-0.1, -0.05) is 30.3 Å².